The molecule has 0 aromatic carbocycles. The molecule has 0 spiro atoms. The van der Waals surface area contributed by atoms with E-state index in [1.807, 2.05) is 0 Å². The van der Waals surface area contributed by atoms with Crippen LogP contribution >= 0.6 is 35.3 Å². The summed E-state index contributed by atoms with van der Waals surface area (Å²) in [5, 5.41) is 0. The first kappa shape index (κ1) is 7.21. The Morgan fingerprint density at radius 1 is 1.71 bits per heavy atom. The Bertz CT molecular complexity index is 116. The normalized spacial score (nSPS) is 7.57. The Hall–Kier alpha value is 0.210. The SMILES string of the molecule is Cl.Clc1cncs1. The Labute approximate surface area is 56.7 Å². The second-order valence-electron chi connectivity index (χ2n) is 0.806. The van der Waals surface area contributed by atoms with E-state index in [1.165, 1.54) is 11.3 Å². The molecule has 0 atom stereocenters. The van der Waals surface area contributed by atoms with E-state index < -0.39 is 0 Å². The smallest absolute Gasteiger partial charge is 0.113 e. The van der Waals surface area contributed by atoms with E-state index in [1.54, 1.807) is 11.7 Å². The third kappa shape index (κ3) is 2.12. The van der Waals surface area contributed by atoms with E-state index in [0.29, 0.717) is 0 Å². The average Bonchev–Trinajstić information content (AvgIpc) is 1.86. The Balaban J connectivity index is 0.000000360. The van der Waals surface area contributed by atoms with Crippen LogP contribution in [0.1, 0.15) is 0 Å². The molecule has 0 radical (unpaired) electrons. The lowest BCUT2D eigenvalue weighted by molar-refractivity contribution is 1.43. The quantitative estimate of drug-likeness (QED) is 0.561. The first-order valence-corrected chi connectivity index (χ1v) is 2.69. The summed E-state index contributed by atoms with van der Waals surface area (Å²) in [6.45, 7) is 0. The van der Waals surface area contributed by atoms with Crippen LogP contribution in [-0.2, 0) is 0 Å². The van der Waals surface area contributed by atoms with E-state index >= 15 is 0 Å². The molecule has 1 aromatic heterocycles. The van der Waals surface area contributed by atoms with Gasteiger partial charge >= 0.3 is 0 Å². The highest BCUT2D eigenvalue weighted by atomic mass is 35.5. The lowest BCUT2D eigenvalue weighted by Gasteiger charge is -1.59. The molecule has 0 saturated heterocycles. The summed E-state index contributed by atoms with van der Waals surface area (Å²) in [6.07, 6.45) is 1.62. The summed E-state index contributed by atoms with van der Waals surface area (Å²) < 4.78 is 0.745. The highest BCUT2D eigenvalue weighted by molar-refractivity contribution is 7.13. The van der Waals surface area contributed by atoms with Crippen molar-refractivity contribution in [2.24, 2.45) is 0 Å². The molecule has 0 bridgehead atoms. The van der Waals surface area contributed by atoms with Crippen LogP contribution in [0.25, 0.3) is 0 Å². The zero-order chi connectivity index (χ0) is 4.41. The number of thiazole rings is 1. The van der Waals surface area contributed by atoms with Gasteiger partial charge < -0.3 is 0 Å². The molecule has 0 N–H and O–H groups in total. The van der Waals surface area contributed by atoms with Crippen molar-refractivity contribution in [1.82, 2.24) is 4.98 Å². The van der Waals surface area contributed by atoms with Gasteiger partial charge in [0.2, 0.25) is 0 Å². The fourth-order valence-electron chi connectivity index (χ4n) is 0.200. The second kappa shape index (κ2) is 3.24. The van der Waals surface area contributed by atoms with Crippen molar-refractivity contribution in [2.45, 2.75) is 0 Å². The van der Waals surface area contributed by atoms with Gasteiger partial charge in [-0.1, -0.05) is 11.6 Å². The average molecular weight is 156 g/mol. The molecule has 0 aliphatic heterocycles. The van der Waals surface area contributed by atoms with Crippen molar-refractivity contribution in [2.75, 3.05) is 0 Å². The van der Waals surface area contributed by atoms with Crippen LogP contribution in [0.5, 0.6) is 0 Å². The third-order valence-corrected chi connectivity index (χ3v) is 1.32. The van der Waals surface area contributed by atoms with Crippen LogP contribution in [0.15, 0.2) is 11.7 Å². The van der Waals surface area contributed by atoms with E-state index in [4.69, 9.17) is 11.6 Å². The lowest BCUT2D eigenvalue weighted by atomic mass is 11.0. The molecular weight excluding hydrogens is 153 g/mol. The molecular formula is C3H3Cl2NS. The molecule has 0 fully saturated rings. The summed E-state index contributed by atoms with van der Waals surface area (Å²) in [5.41, 5.74) is 1.70. The number of hydrogen-bond acceptors (Lipinski definition) is 2. The Morgan fingerprint density at radius 3 is 2.57 bits per heavy atom. The molecule has 1 rings (SSSR count). The second-order valence-corrected chi connectivity index (χ2v) is 2.32. The molecule has 0 saturated carbocycles. The van der Waals surface area contributed by atoms with Crippen LogP contribution in [0.2, 0.25) is 4.34 Å². The maximum absolute atomic E-state index is 5.41. The van der Waals surface area contributed by atoms with E-state index in [2.05, 4.69) is 4.98 Å². The number of aromatic nitrogens is 1. The summed E-state index contributed by atoms with van der Waals surface area (Å²) in [7, 11) is 0. The fraction of sp³-hybridized carbons (Fsp3) is 0. The van der Waals surface area contributed by atoms with E-state index in [0.717, 1.165) is 4.34 Å². The summed E-state index contributed by atoms with van der Waals surface area (Å²) >= 11 is 6.84. The first-order chi connectivity index (χ1) is 2.89. The summed E-state index contributed by atoms with van der Waals surface area (Å²) in [4.78, 5) is 3.71. The predicted molar refractivity (Wildman–Crippen MR) is 34.4 cm³/mol. The van der Waals surface area contributed by atoms with Gasteiger partial charge in [-0.3, -0.25) is 4.98 Å². The van der Waals surface area contributed by atoms with Crippen molar-refractivity contribution in [3.05, 3.63) is 16.0 Å². The van der Waals surface area contributed by atoms with E-state index in [-0.39, 0.29) is 12.4 Å². The highest BCUT2D eigenvalue weighted by Crippen LogP contribution is 2.10. The molecule has 0 unspecified atom stereocenters. The van der Waals surface area contributed by atoms with Crippen molar-refractivity contribution >= 4 is 35.3 Å². The maximum atomic E-state index is 5.41. The monoisotopic (exact) mass is 155 g/mol. The van der Waals surface area contributed by atoms with Gasteiger partial charge in [-0.05, 0) is 0 Å². The van der Waals surface area contributed by atoms with E-state index in [9.17, 15) is 0 Å². The first-order valence-electron chi connectivity index (χ1n) is 1.43. The Kier molecular flexibility index (Phi) is 3.34. The van der Waals surface area contributed by atoms with Crippen LogP contribution in [0.3, 0.4) is 0 Å². The topological polar surface area (TPSA) is 12.9 Å². The number of rotatable bonds is 0. The zero-order valence-corrected chi connectivity index (χ0v) is 5.69. The largest absolute Gasteiger partial charge is 0.252 e. The summed E-state index contributed by atoms with van der Waals surface area (Å²) in [6, 6.07) is 0. The standard InChI is InChI=1S/C3H2ClNS.ClH/c4-3-1-5-2-6-3;/h1-2H;1H. The van der Waals surface area contributed by atoms with Crippen LogP contribution in [0, 0.1) is 0 Å². The van der Waals surface area contributed by atoms with Crippen LogP contribution in [0.4, 0.5) is 0 Å². The Morgan fingerprint density at radius 2 is 2.43 bits per heavy atom. The van der Waals surface area contributed by atoms with Gasteiger partial charge in [0.25, 0.3) is 0 Å². The van der Waals surface area contributed by atoms with Crippen LogP contribution < -0.4 is 0 Å². The molecule has 0 aliphatic rings. The van der Waals surface area contributed by atoms with Gasteiger partial charge in [0, 0.05) is 0 Å². The molecule has 0 amide bonds. The molecule has 0 aliphatic carbocycles. The minimum atomic E-state index is 0. The van der Waals surface area contributed by atoms with Crippen molar-refractivity contribution < 1.29 is 0 Å². The number of halogens is 2. The fourth-order valence-corrected chi connectivity index (χ4v) is 0.720. The molecule has 1 aromatic rings. The number of nitrogens with zero attached hydrogens (tertiary/aromatic N) is 1. The van der Waals surface area contributed by atoms with Gasteiger partial charge in [-0.15, -0.1) is 23.7 Å². The minimum Gasteiger partial charge on any atom is -0.252 e. The lowest BCUT2D eigenvalue weighted by Crippen LogP contribution is -1.41. The molecule has 1 heterocycles. The molecule has 40 valence electrons. The zero-order valence-electron chi connectivity index (χ0n) is 3.30. The molecule has 1 nitrogen and oxygen atoms in total. The van der Waals surface area contributed by atoms with Crippen LogP contribution in [-0.4, -0.2) is 4.98 Å². The number of hydrogen-bond donors (Lipinski definition) is 0. The predicted octanol–water partition coefficient (Wildman–Crippen LogP) is 2.22. The van der Waals surface area contributed by atoms with Crippen molar-refractivity contribution in [3.63, 3.8) is 0 Å². The van der Waals surface area contributed by atoms with Gasteiger partial charge in [0.05, 0.1) is 11.7 Å². The van der Waals surface area contributed by atoms with Gasteiger partial charge in [0.1, 0.15) is 4.34 Å². The molecule has 7 heavy (non-hydrogen) atoms. The van der Waals surface area contributed by atoms with Crippen molar-refractivity contribution in [1.29, 1.82) is 0 Å². The van der Waals surface area contributed by atoms with Crippen molar-refractivity contribution in [3.8, 4) is 0 Å². The van der Waals surface area contributed by atoms with Gasteiger partial charge in [0.15, 0.2) is 0 Å². The maximum Gasteiger partial charge on any atom is 0.113 e. The molecule has 4 heteroatoms. The minimum absolute atomic E-state index is 0. The third-order valence-electron chi connectivity index (χ3n) is 0.402. The summed E-state index contributed by atoms with van der Waals surface area (Å²) in [5.74, 6) is 0. The van der Waals surface area contributed by atoms with Gasteiger partial charge in [-0.2, -0.15) is 0 Å². The highest BCUT2D eigenvalue weighted by Gasteiger charge is 1.79. The van der Waals surface area contributed by atoms with Gasteiger partial charge in [-0.25, -0.2) is 0 Å².